The number of rotatable bonds is 4. The Morgan fingerprint density at radius 1 is 1.15 bits per heavy atom. The van der Waals surface area contributed by atoms with Crippen molar-refractivity contribution in [3.63, 3.8) is 0 Å². The number of likely N-dealkylation sites (tertiary alicyclic amines) is 1. The number of carbonyl (C=O) groups excluding carboxylic acids is 1. The van der Waals surface area contributed by atoms with Crippen LogP contribution in [0.5, 0.6) is 0 Å². The van der Waals surface area contributed by atoms with Gasteiger partial charge in [-0.15, -0.1) is 0 Å². The van der Waals surface area contributed by atoms with Gasteiger partial charge in [0.2, 0.25) is 5.91 Å². The first-order valence-electron chi connectivity index (χ1n) is 9.03. The Balaban J connectivity index is 1.58. The van der Waals surface area contributed by atoms with Gasteiger partial charge >= 0.3 is 0 Å². The molecule has 0 radical (unpaired) electrons. The first-order chi connectivity index (χ1) is 12.6. The van der Waals surface area contributed by atoms with E-state index >= 15 is 0 Å². The number of anilines is 1. The van der Waals surface area contributed by atoms with E-state index in [1.54, 1.807) is 12.5 Å². The predicted molar refractivity (Wildman–Crippen MR) is 103 cm³/mol. The van der Waals surface area contributed by atoms with E-state index < -0.39 is 0 Å². The quantitative estimate of drug-likeness (QED) is 0.786. The molecule has 1 fully saturated rings. The molecule has 2 aromatic heterocycles. The van der Waals surface area contributed by atoms with Gasteiger partial charge in [0, 0.05) is 24.2 Å². The second kappa shape index (κ2) is 6.88. The summed E-state index contributed by atoms with van der Waals surface area (Å²) in [5, 5.41) is 5.05. The van der Waals surface area contributed by atoms with Crippen molar-refractivity contribution >= 4 is 22.5 Å². The summed E-state index contributed by atoms with van der Waals surface area (Å²) in [6.07, 6.45) is 7.78. The van der Waals surface area contributed by atoms with Gasteiger partial charge in [0.1, 0.15) is 5.82 Å². The summed E-state index contributed by atoms with van der Waals surface area (Å²) in [4.78, 5) is 23.3. The van der Waals surface area contributed by atoms with Crippen molar-refractivity contribution in [2.24, 2.45) is 7.05 Å². The van der Waals surface area contributed by atoms with Crippen LogP contribution in [0.1, 0.15) is 19.8 Å². The van der Waals surface area contributed by atoms with E-state index in [-0.39, 0.29) is 11.9 Å². The monoisotopic (exact) mass is 349 g/mol. The van der Waals surface area contributed by atoms with E-state index in [0.717, 1.165) is 35.1 Å². The molecule has 26 heavy (non-hydrogen) atoms. The summed E-state index contributed by atoms with van der Waals surface area (Å²) in [6.45, 7) is 3.95. The molecule has 1 unspecified atom stereocenters. The molecule has 1 atom stereocenters. The third kappa shape index (κ3) is 3.20. The minimum absolute atomic E-state index is 0.00143. The molecule has 0 spiro atoms. The highest BCUT2D eigenvalue weighted by molar-refractivity contribution is 5.96. The molecule has 3 aromatic rings. The number of benzene rings is 1. The maximum Gasteiger partial charge on any atom is 0.242 e. The molecule has 1 saturated heterocycles. The van der Waals surface area contributed by atoms with Crippen LogP contribution in [0.25, 0.3) is 22.0 Å². The third-order valence-corrected chi connectivity index (χ3v) is 5.15. The molecule has 0 aliphatic carbocycles. The molecule has 0 bridgehead atoms. The Kier molecular flexibility index (Phi) is 4.42. The number of fused-ring (bicyclic) bond motifs is 1. The molecule has 1 aliphatic rings. The highest BCUT2D eigenvalue weighted by Gasteiger charge is 2.24. The van der Waals surface area contributed by atoms with Gasteiger partial charge < -0.3 is 9.88 Å². The third-order valence-electron chi connectivity index (χ3n) is 5.15. The zero-order valence-corrected chi connectivity index (χ0v) is 15.1. The number of carbonyl (C=O) groups is 1. The van der Waals surface area contributed by atoms with Crippen molar-refractivity contribution in [3.8, 4) is 11.3 Å². The van der Waals surface area contributed by atoms with Crippen LogP contribution in [0, 0.1) is 0 Å². The smallest absolute Gasteiger partial charge is 0.242 e. The van der Waals surface area contributed by atoms with Crippen molar-refractivity contribution in [2.75, 3.05) is 18.4 Å². The van der Waals surface area contributed by atoms with Crippen LogP contribution in [-0.2, 0) is 11.8 Å². The number of aryl methyl sites for hydroxylation is 1. The summed E-state index contributed by atoms with van der Waals surface area (Å²) in [6, 6.07) is 8.02. The van der Waals surface area contributed by atoms with Crippen LogP contribution < -0.4 is 5.32 Å². The molecule has 6 heteroatoms. The van der Waals surface area contributed by atoms with Gasteiger partial charge in [0.15, 0.2) is 0 Å². The Bertz CT molecular complexity index is 942. The lowest BCUT2D eigenvalue weighted by Gasteiger charge is -2.22. The molecule has 4 rings (SSSR count). The number of hydrogen-bond acceptors (Lipinski definition) is 4. The van der Waals surface area contributed by atoms with Crippen molar-refractivity contribution in [1.82, 2.24) is 19.4 Å². The lowest BCUT2D eigenvalue weighted by molar-refractivity contribution is -0.120. The van der Waals surface area contributed by atoms with Gasteiger partial charge in [-0.3, -0.25) is 9.69 Å². The fraction of sp³-hybridized carbons (Fsp3) is 0.350. The average Bonchev–Trinajstić information content (AvgIpc) is 3.32. The Morgan fingerprint density at radius 2 is 1.96 bits per heavy atom. The zero-order chi connectivity index (χ0) is 18.1. The molecule has 134 valence electrons. The standard InChI is InChI=1S/C20H23N5O/c1-14(25-7-3-4-8-25)20(26)23-19-10-17-9-15(5-6-16(17)11-22-19)18-12-21-13-24(18)2/h5-6,9-14H,3-4,7-8H2,1-2H3,(H,22,23,26). The largest absolute Gasteiger partial charge is 0.334 e. The number of hydrogen-bond donors (Lipinski definition) is 1. The van der Waals surface area contributed by atoms with E-state index in [9.17, 15) is 4.79 Å². The molecule has 1 aliphatic heterocycles. The fourth-order valence-electron chi connectivity index (χ4n) is 3.53. The molecule has 1 amide bonds. The summed E-state index contributed by atoms with van der Waals surface area (Å²) >= 11 is 0. The fourth-order valence-corrected chi connectivity index (χ4v) is 3.53. The zero-order valence-electron chi connectivity index (χ0n) is 15.1. The van der Waals surface area contributed by atoms with Crippen molar-refractivity contribution < 1.29 is 4.79 Å². The molecule has 0 saturated carbocycles. The normalized spacial score (nSPS) is 16.1. The molecule has 6 nitrogen and oxygen atoms in total. The van der Waals surface area contributed by atoms with E-state index in [0.29, 0.717) is 5.82 Å². The van der Waals surface area contributed by atoms with Gasteiger partial charge in [-0.1, -0.05) is 12.1 Å². The van der Waals surface area contributed by atoms with Crippen molar-refractivity contribution in [3.05, 3.63) is 43.0 Å². The number of nitrogens with one attached hydrogen (secondary N) is 1. The minimum atomic E-state index is -0.129. The van der Waals surface area contributed by atoms with E-state index in [2.05, 4.69) is 32.3 Å². The first kappa shape index (κ1) is 16.7. The lowest BCUT2D eigenvalue weighted by atomic mass is 10.1. The maximum atomic E-state index is 12.5. The van der Waals surface area contributed by atoms with Gasteiger partial charge in [0.25, 0.3) is 0 Å². The lowest BCUT2D eigenvalue weighted by Crippen LogP contribution is -2.40. The van der Waals surface area contributed by atoms with Crippen LogP contribution in [-0.4, -0.2) is 44.5 Å². The topological polar surface area (TPSA) is 63.1 Å². The highest BCUT2D eigenvalue weighted by atomic mass is 16.2. The minimum Gasteiger partial charge on any atom is -0.334 e. The van der Waals surface area contributed by atoms with Gasteiger partial charge in [-0.2, -0.15) is 0 Å². The second-order valence-corrected chi connectivity index (χ2v) is 6.93. The van der Waals surface area contributed by atoms with E-state index in [4.69, 9.17) is 0 Å². The predicted octanol–water partition coefficient (Wildman–Crippen LogP) is 3.06. The summed E-state index contributed by atoms with van der Waals surface area (Å²) in [5.41, 5.74) is 2.14. The van der Waals surface area contributed by atoms with E-state index in [1.165, 1.54) is 12.8 Å². The number of imidazole rings is 1. The number of aromatic nitrogens is 3. The van der Waals surface area contributed by atoms with Gasteiger partial charge in [-0.25, -0.2) is 9.97 Å². The SMILES string of the molecule is CC(C(=O)Nc1cc2cc(-c3cncn3C)ccc2cn1)N1CCCC1. The van der Waals surface area contributed by atoms with E-state index in [1.807, 2.05) is 36.9 Å². The van der Waals surface area contributed by atoms with Crippen LogP contribution >= 0.6 is 0 Å². The summed E-state index contributed by atoms with van der Waals surface area (Å²) < 4.78 is 1.99. The van der Waals surface area contributed by atoms with Crippen LogP contribution in [0.15, 0.2) is 43.0 Å². The van der Waals surface area contributed by atoms with Crippen LogP contribution in [0.4, 0.5) is 5.82 Å². The summed E-state index contributed by atoms with van der Waals surface area (Å²) in [7, 11) is 1.98. The van der Waals surface area contributed by atoms with Crippen molar-refractivity contribution in [2.45, 2.75) is 25.8 Å². The number of amides is 1. The molecular formula is C20H23N5O. The molecular weight excluding hydrogens is 326 g/mol. The molecule has 3 heterocycles. The molecule has 1 N–H and O–H groups in total. The van der Waals surface area contributed by atoms with Crippen LogP contribution in [0.3, 0.4) is 0 Å². The number of nitrogens with zero attached hydrogens (tertiary/aromatic N) is 4. The number of pyridine rings is 1. The maximum absolute atomic E-state index is 12.5. The first-order valence-corrected chi connectivity index (χ1v) is 9.03. The average molecular weight is 349 g/mol. The highest BCUT2D eigenvalue weighted by Crippen LogP contribution is 2.25. The Labute approximate surface area is 152 Å². The Hall–Kier alpha value is -2.73. The Morgan fingerprint density at radius 3 is 2.69 bits per heavy atom. The van der Waals surface area contributed by atoms with Crippen molar-refractivity contribution in [1.29, 1.82) is 0 Å². The summed E-state index contributed by atoms with van der Waals surface area (Å²) in [5.74, 6) is 0.595. The van der Waals surface area contributed by atoms with Gasteiger partial charge in [0.05, 0.1) is 24.3 Å². The van der Waals surface area contributed by atoms with Gasteiger partial charge in [-0.05, 0) is 50.4 Å². The molecule has 1 aromatic carbocycles. The van der Waals surface area contributed by atoms with Crippen LogP contribution in [0.2, 0.25) is 0 Å². The second-order valence-electron chi connectivity index (χ2n) is 6.93.